The molecule has 0 aliphatic heterocycles. The highest BCUT2D eigenvalue weighted by Gasteiger charge is 2.23. The van der Waals surface area contributed by atoms with Crippen molar-refractivity contribution in [3.8, 4) is 0 Å². The van der Waals surface area contributed by atoms with Crippen molar-refractivity contribution in [2.75, 3.05) is 7.11 Å². The van der Waals surface area contributed by atoms with Gasteiger partial charge in [0.2, 0.25) is 0 Å². The number of aryl methyl sites for hydroxylation is 2. The largest absolute Gasteiger partial charge is 0.469 e. The van der Waals surface area contributed by atoms with E-state index >= 15 is 0 Å². The molecule has 4 heteroatoms. The van der Waals surface area contributed by atoms with E-state index in [1.54, 1.807) is 6.07 Å². The molecule has 4 nitrogen and oxygen atoms in total. The zero-order chi connectivity index (χ0) is 12.4. The average Bonchev–Trinajstić information content (AvgIpc) is 2.29. The molecule has 0 aromatic heterocycles. The summed E-state index contributed by atoms with van der Waals surface area (Å²) in [6, 6.07) is 5.65. The molecule has 1 aromatic carbocycles. The van der Waals surface area contributed by atoms with Gasteiger partial charge in [-0.25, -0.2) is 0 Å². The van der Waals surface area contributed by atoms with Gasteiger partial charge in [0.1, 0.15) is 6.10 Å². The predicted octanol–water partition coefficient (Wildman–Crippen LogP) is 0.743. The van der Waals surface area contributed by atoms with Gasteiger partial charge >= 0.3 is 5.97 Å². The first-order valence-corrected chi connectivity index (χ1v) is 5.66. The van der Waals surface area contributed by atoms with E-state index in [2.05, 4.69) is 4.74 Å². The Labute approximate surface area is 99.8 Å². The molecular formula is C13H16O4. The van der Waals surface area contributed by atoms with Crippen LogP contribution < -0.4 is 0 Å². The van der Waals surface area contributed by atoms with E-state index in [1.165, 1.54) is 18.2 Å². The van der Waals surface area contributed by atoms with Gasteiger partial charge in [-0.2, -0.15) is 0 Å². The Balaban J connectivity index is 2.05. The first-order valence-electron chi connectivity index (χ1n) is 5.66. The maximum absolute atomic E-state index is 11.0. The van der Waals surface area contributed by atoms with Gasteiger partial charge in [-0.15, -0.1) is 0 Å². The fourth-order valence-electron chi connectivity index (χ4n) is 1.99. The van der Waals surface area contributed by atoms with Crippen molar-refractivity contribution >= 4 is 5.97 Å². The van der Waals surface area contributed by atoms with Crippen molar-refractivity contribution in [1.29, 1.82) is 0 Å². The summed E-state index contributed by atoms with van der Waals surface area (Å²) in [7, 11) is 1.26. The Kier molecular flexibility index (Phi) is 3.45. The molecular weight excluding hydrogens is 220 g/mol. The summed E-state index contributed by atoms with van der Waals surface area (Å²) >= 11 is 0. The van der Waals surface area contributed by atoms with Gasteiger partial charge in [0.15, 0.2) is 0 Å². The lowest BCUT2D eigenvalue weighted by Crippen LogP contribution is -2.23. The maximum atomic E-state index is 11.0. The summed E-state index contributed by atoms with van der Waals surface area (Å²) in [5, 5.41) is 19.6. The first kappa shape index (κ1) is 12.1. The molecule has 0 radical (unpaired) electrons. The van der Waals surface area contributed by atoms with E-state index in [-0.39, 0.29) is 6.42 Å². The number of benzene rings is 1. The summed E-state index contributed by atoms with van der Waals surface area (Å²) < 4.78 is 4.45. The van der Waals surface area contributed by atoms with E-state index in [9.17, 15) is 15.0 Å². The highest BCUT2D eigenvalue weighted by atomic mass is 16.5. The maximum Gasteiger partial charge on any atom is 0.308 e. The van der Waals surface area contributed by atoms with Crippen LogP contribution in [0, 0.1) is 0 Å². The molecule has 0 spiro atoms. The molecule has 2 N–H and O–H groups in total. The highest BCUT2D eigenvalue weighted by Crippen LogP contribution is 2.28. The van der Waals surface area contributed by atoms with Gasteiger partial charge in [0, 0.05) is 0 Å². The molecule has 2 unspecified atom stereocenters. The number of aliphatic hydroxyl groups excluding tert-OH is 2. The third-order valence-corrected chi connectivity index (χ3v) is 3.20. The predicted molar refractivity (Wildman–Crippen MR) is 61.4 cm³/mol. The lowest BCUT2D eigenvalue weighted by atomic mass is 9.86. The molecule has 0 amide bonds. The van der Waals surface area contributed by atoms with Crippen LogP contribution in [0.2, 0.25) is 0 Å². The average molecular weight is 236 g/mol. The summed E-state index contributed by atoms with van der Waals surface area (Å²) in [5.74, 6) is -0.527. The van der Waals surface area contributed by atoms with Gasteiger partial charge in [-0.05, 0) is 29.5 Å². The number of hydrogen-bond donors (Lipinski definition) is 2. The minimum Gasteiger partial charge on any atom is -0.469 e. The molecule has 1 aliphatic carbocycles. The Morgan fingerprint density at radius 2 is 2.06 bits per heavy atom. The zero-order valence-corrected chi connectivity index (χ0v) is 9.72. The van der Waals surface area contributed by atoms with Gasteiger partial charge < -0.3 is 14.9 Å². The second kappa shape index (κ2) is 4.85. The fourth-order valence-corrected chi connectivity index (χ4v) is 1.99. The number of aliphatic hydroxyl groups is 2. The van der Waals surface area contributed by atoms with Gasteiger partial charge in [0.25, 0.3) is 0 Å². The quantitative estimate of drug-likeness (QED) is 0.757. The second-order valence-corrected chi connectivity index (χ2v) is 4.32. The van der Waals surface area contributed by atoms with Crippen LogP contribution in [0.25, 0.3) is 0 Å². The minimum atomic E-state index is -1.12. The normalized spacial score (nSPS) is 16.6. The molecule has 92 valence electrons. The third-order valence-electron chi connectivity index (χ3n) is 3.20. The molecule has 0 saturated carbocycles. The number of methoxy groups -OCH3 is 1. The smallest absolute Gasteiger partial charge is 0.308 e. The van der Waals surface area contributed by atoms with E-state index in [0.29, 0.717) is 5.56 Å². The van der Waals surface area contributed by atoms with Crippen LogP contribution in [0.5, 0.6) is 0 Å². The van der Waals surface area contributed by atoms with Crippen molar-refractivity contribution in [3.63, 3.8) is 0 Å². The Bertz CT molecular complexity index is 427. The molecule has 0 fully saturated rings. The summed E-state index contributed by atoms with van der Waals surface area (Å²) in [4.78, 5) is 11.0. The number of carbonyl (C=O) groups is 1. The Hall–Kier alpha value is -1.39. The molecule has 0 bridgehead atoms. The van der Waals surface area contributed by atoms with Crippen LogP contribution in [0.4, 0.5) is 0 Å². The number of hydrogen-bond acceptors (Lipinski definition) is 4. The highest BCUT2D eigenvalue weighted by molar-refractivity contribution is 5.69. The fraction of sp³-hybridized carbons (Fsp3) is 0.462. The monoisotopic (exact) mass is 236 g/mol. The zero-order valence-electron chi connectivity index (χ0n) is 9.72. The number of rotatable bonds is 4. The molecule has 1 aromatic rings. The topological polar surface area (TPSA) is 66.8 Å². The van der Waals surface area contributed by atoms with Crippen molar-refractivity contribution in [2.24, 2.45) is 0 Å². The summed E-state index contributed by atoms with van der Waals surface area (Å²) in [6.45, 7) is 0. The van der Waals surface area contributed by atoms with E-state index in [4.69, 9.17) is 0 Å². The number of ether oxygens (including phenoxy) is 1. The van der Waals surface area contributed by atoms with Crippen LogP contribution in [0.1, 0.15) is 29.2 Å². The van der Waals surface area contributed by atoms with Crippen LogP contribution >= 0.6 is 0 Å². The molecule has 2 atom stereocenters. The molecule has 17 heavy (non-hydrogen) atoms. The van der Waals surface area contributed by atoms with Crippen LogP contribution in [-0.2, 0) is 22.4 Å². The lowest BCUT2D eigenvalue weighted by molar-refractivity contribution is -0.144. The summed E-state index contributed by atoms with van der Waals surface area (Å²) in [5.41, 5.74) is 3.16. The lowest BCUT2D eigenvalue weighted by Gasteiger charge is -2.23. The van der Waals surface area contributed by atoms with Gasteiger partial charge in [0.05, 0.1) is 19.6 Å². The summed E-state index contributed by atoms with van der Waals surface area (Å²) in [6.07, 6.45) is -0.269. The van der Waals surface area contributed by atoms with E-state index in [0.717, 1.165) is 12.8 Å². The number of carbonyl (C=O) groups excluding carboxylic acids is 1. The SMILES string of the molecule is COC(=O)CC(O)C(O)c1ccc2c(c1)CC2. The molecule has 1 aliphatic rings. The second-order valence-electron chi connectivity index (χ2n) is 4.32. The van der Waals surface area contributed by atoms with Crippen molar-refractivity contribution in [2.45, 2.75) is 31.5 Å². The van der Waals surface area contributed by atoms with Crippen molar-refractivity contribution in [1.82, 2.24) is 0 Å². The number of esters is 1. The Morgan fingerprint density at radius 1 is 1.35 bits per heavy atom. The van der Waals surface area contributed by atoms with E-state index in [1.807, 2.05) is 12.1 Å². The molecule has 2 rings (SSSR count). The standard InChI is InChI=1S/C13H16O4/c1-17-12(15)7-11(14)13(16)10-5-3-8-2-4-9(8)6-10/h3,5-6,11,13-14,16H,2,4,7H2,1H3. The third kappa shape index (κ3) is 2.48. The van der Waals surface area contributed by atoms with Crippen molar-refractivity contribution in [3.05, 3.63) is 34.9 Å². The molecule has 0 saturated heterocycles. The molecule has 0 heterocycles. The van der Waals surface area contributed by atoms with E-state index < -0.39 is 18.2 Å². The first-order chi connectivity index (χ1) is 8.11. The Morgan fingerprint density at radius 3 is 2.59 bits per heavy atom. The van der Waals surface area contributed by atoms with Crippen LogP contribution in [-0.4, -0.2) is 29.4 Å². The number of fused-ring (bicyclic) bond motifs is 1. The van der Waals surface area contributed by atoms with Crippen LogP contribution in [0.15, 0.2) is 18.2 Å². The van der Waals surface area contributed by atoms with Gasteiger partial charge in [-0.3, -0.25) is 4.79 Å². The van der Waals surface area contributed by atoms with Gasteiger partial charge in [-0.1, -0.05) is 18.2 Å². The minimum absolute atomic E-state index is 0.200. The van der Waals surface area contributed by atoms with Crippen LogP contribution in [0.3, 0.4) is 0 Å². The van der Waals surface area contributed by atoms with Crippen molar-refractivity contribution < 1.29 is 19.7 Å².